The van der Waals surface area contributed by atoms with Crippen LogP contribution >= 0.6 is 0 Å². The van der Waals surface area contributed by atoms with E-state index in [0.717, 1.165) is 12.8 Å². The Labute approximate surface area is 68.5 Å². The molecule has 0 fully saturated rings. The summed E-state index contributed by atoms with van der Waals surface area (Å²) >= 11 is 0. The zero-order valence-corrected chi connectivity index (χ0v) is 7.18. The molecule has 0 aromatic carbocycles. The lowest BCUT2D eigenvalue weighted by atomic mass is 10.2. The van der Waals surface area contributed by atoms with E-state index in [2.05, 4.69) is 13.0 Å². The molecule has 0 aromatic rings. The summed E-state index contributed by atoms with van der Waals surface area (Å²) in [5, 5.41) is 0. The predicted octanol–water partition coefficient (Wildman–Crippen LogP) is 2.00. The van der Waals surface area contributed by atoms with Gasteiger partial charge in [0.1, 0.15) is 0 Å². The molecule has 64 valence electrons. The van der Waals surface area contributed by atoms with Gasteiger partial charge in [0.15, 0.2) is 0 Å². The summed E-state index contributed by atoms with van der Waals surface area (Å²) in [6.45, 7) is 2.16. The molecular formula is C9H17NO. The summed E-state index contributed by atoms with van der Waals surface area (Å²) in [6, 6.07) is 0. The number of rotatable bonds is 6. The van der Waals surface area contributed by atoms with Crippen LogP contribution in [0.15, 0.2) is 12.2 Å². The minimum atomic E-state index is -0.217. The molecule has 0 heterocycles. The van der Waals surface area contributed by atoms with E-state index >= 15 is 0 Å². The number of carbonyl (C=O) groups is 1. The maximum atomic E-state index is 10.3. The fourth-order valence-corrected chi connectivity index (χ4v) is 0.783. The van der Waals surface area contributed by atoms with E-state index < -0.39 is 0 Å². The van der Waals surface area contributed by atoms with Gasteiger partial charge >= 0.3 is 0 Å². The third-order valence-electron chi connectivity index (χ3n) is 1.45. The first-order valence-corrected chi connectivity index (χ1v) is 4.20. The lowest BCUT2D eigenvalue weighted by Crippen LogP contribution is -2.08. The number of primary amides is 1. The van der Waals surface area contributed by atoms with Crippen molar-refractivity contribution in [1.29, 1.82) is 0 Å². The Kier molecular flexibility index (Phi) is 6.79. The molecule has 0 saturated heterocycles. The number of unbranched alkanes of at least 4 members (excludes halogenated alkanes) is 2. The fourth-order valence-electron chi connectivity index (χ4n) is 0.783. The zero-order chi connectivity index (χ0) is 8.53. The van der Waals surface area contributed by atoms with Crippen LogP contribution in [-0.4, -0.2) is 5.91 Å². The highest BCUT2D eigenvalue weighted by atomic mass is 16.1. The lowest BCUT2D eigenvalue weighted by molar-refractivity contribution is -0.117. The average molecular weight is 155 g/mol. The molecule has 0 aromatic heterocycles. The van der Waals surface area contributed by atoms with Crippen molar-refractivity contribution in [2.75, 3.05) is 0 Å². The van der Waals surface area contributed by atoms with Crippen LogP contribution in [0.5, 0.6) is 0 Å². The molecule has 0 saturated carbocycles. The van der Waals surface area contributed by atoms with Crippen molar-refractivity contribution in [3.63, 3.8) is 0 Å². The highest BCUT2D eigenvalue weighted by molar-refractivity contribution is 5.73. The summed E-state index contributed by atoms with van der Waals surface area (Å²) in [6.07, 6.45) is 8.98. The molecule has 2 N–H and O–H groups in total. The summed E-state index contributed by atoms with van der Waals surface area (Å²) in [5.74, 6) is -0.217. The number of hydrogen-bond acceptors (Lipinski definition) is 1. The Hall–Kier alpha value is -0.790. The average Bonchev–Trinajstić information content (AvgIpc) is 1.96. The SMILES string of the molecule is CCCCC=CCCC(N)=O. The summed E-state index contributed by atoms with van der Waals surface area (Å²) in [7, 11) is 0. The van der Waals surface area contributed by atoms with Crippen LogP contribution < -0.4 is 5.73 Å². The van der Waals surface area contributed by atoms with Crippen LogP contribution in [0.1, 0.15) is 39.0 Å². The smallest absolute Gasteiger partial charge is 0.217 e. The second-order valence-corrected chi connectivity index (χ2v) is 2.62. The number of allylic oxidation sites excluding steroid dienone is 2. The highest BCUT2D eigenvalue weighted by Gasteiger charge is 1.88. The molecule has 0 atom stereocenters. The van der Waals surface area contributed by atoms with Gasteiger partial charge in [0.2, 0.25) is 5.91 Å². The quantitative estimate of drug-likeness (QED) is 0.462. The first-order chi connectivity index (χ1) is 5.27. The van der Waals surface area contributed by atoms with E-state index in [4.69, 9.17) is 5.73 Å². The van der Waals surface area contributed by atoms with Crippen molar-refractivity contribution in [2.45, 2.75) is 39.0 Å². The molecule has 0 aliphatic heterocycles. The molecule has 2 nitrogen and oxygen atoms in total. The van der Waals surface area contributed by atoms with Gasteiger partial charge in [0, 0.05) is 6.42 Å². The molecule has 0 unspecified atom stereocenters. The molecule has 1 amide bonds. The van der Waals surface area contributed by atoms with Crippen molar-refractivity contribution in [1.82, 2.24) is 0 Å². The van der Waals surface area contributed by atoms with E-state index in [1.54, 1.807) is 0 Å². The van der Waals surface area contributed by atoms with Crippen molar-refractivity contribution >= 4 is 5.91 Å². The number of carbonyl (C=O) groups excluding carboxylic acids is 1. The molecule has 0 radical (unpaired) electrons. The monoisotopic (exact) mass is 155 g/mol. The summed E-state index contributed by atoms with van der Waals surface area (Å²) in [5.41, 5.74) is 4.96. The Morgan fingerprint density at radius 3 is 2.55 bits per heavy atom. The van der Waals surface area contributed by atoms with Crippen LogP contribution in [0, 0.1) is 0 Å². The van der Waals surface area contributed by atoms with Gasteiger partial charge < -0.3 is 5.73 Å². The molecule has 11 heavy (non-hydrogen) atoms. The number of nitrogens with two attached hydrogens (primary N) is 1. The van der Waals surface area contributed by atoms with Gasteiger partial charge in [-0.2, -0.15) is 0 Å². The molecule has 0 aliphatic rings. The van der Waals surface area contributed by atoms with E-state index in [0.29, 0.717) is 6.42 Å². The second kappa shape index (κ2) is 7.32. The molecular weight excluding hydrogens is 138 g/mol. The standard InChI is InChI=1S/C9H17NO/c1-2-3-4-5-6-7-8-9(10)11/h5-6H,2-4,7-8H2,1H3,(H2,10,11). The van der Waals surface area contributed by atoms with Crippen LogP contribution in [0.4, 0.5) is 0 Å². The topological polar surface area (TPSA) is 43.1 Å². The van der Waals surface area contributed by atoms with Crippen LogP contribution in [0.2, 0.25) is 0 Å². The third kappa shape index (κ3) is 9.21. The Morgan fingerprint density at radius 2 is 2.00 bits per heavy atom. The van der Waals surface area contributed by atoms with Gasteiger partial charge in [-0.3, -0.25) is 4.79 Å². The van der Waals surface area contributed by atoms with Gasteiger partial charge in [-0.1, -0.05) is 31.9 Å². The van der Waals surface area contributed by atoms with Crippen LogP contribution in [0.25, 0.3) is 0 Å². The van der Waals surface area contributed by atoms with Crippen molar-refractivity contribution < 1.29 is 4.79 Å². The molecule has 0 bridgehead atoms. The third-order valence-corrected chi connectivity index (χ3v) is 1.45. The van der Waals surface area contributed by atoms with Gasteiger partial charge in [0.05, 0.1) is 0 Å². The zero-order valence-electron chi connectivity index (χ0n) is 7.18. The second-order valence-electron chi connectivity index (χ2n) is 2.62. The minimum Gasteiger partial charge on any atom is -0.370 e. The summed E-state index contributed by atoms with van der Waals surface area (Å²) in [4.78, 5) is 10.3. The first kappa shape index (κ1) is 10.2. The molecule has 2 heteroatoms. The minimum absolute atomic E-state index is 0.217. The number of hydrogen-bond donors (Lipinski definition) is 1. The lowest BCUT2D eigenvalue weighted by Gasteiger charge is -1.89. The number of amides is 1. The predicted molar refractivity (Wildman–Crippen MR) is 47.1 cm³/mol. The Balaban J connectivity index is 3.10. The van der Waals surface area contributed by atoms with Gasteiger partial charge in [0.25, 0.3) is 0 Å². The van der Waals surface area contributed by atoms with Crippen LogP contribution in [-0.2, 0) is 4.79 Å². The van der Waals surface area contributed by atoms with E-state index in [1.807, 2.05) is 6.08 Å². The van der Waals surface area contributed by atoms with E-state index in [-0.39, 0.29) is 5.91 Å². The normalized spacial score (nSPS) is 10.6. The Morgan fingerprint density at radius 1 is 1.36 bits per heavy atom. The maximum Gasteiger partial charge on any atom is 0.217 e. The largest absolute Gasteiger partial charge is 0.370 e. The fraction of sp³-hybridized carbons (Fsp3) is 0.667. The van der Waals surface area contributed by atoms with Gasteiger partial charge in [-0.15, -0.1) is 0 Å². The molecule has 0 rings (SSSR count). The maximum absolute atomic E-state index is 10.3. The van der Waals surface area contributed by atoms with E-state index in [9.17, 15) is 4.79 Å². The van der Waals surface area contributed by atoms with Crippen molar-refractivity contribution in [2.24, 2.45) is 5.73 Å². The van der Waals surface area contributed by atoms with E-state index in [1.165, 1.54) is 12.8 Å². The molecule has 0 aliphatic carbocycles. The van der Waals surface area contributed by atoms with Gasteiger partial charge in [-0.25, -0.2) is 0 Å². The summed E-state index contributed by atoms with van der Waals surface area (Å²) < 4.78 is 0. The van der Waals surface area contributed by atoms with Crippen LogP contribution in [0.3, 0.4) is 0 Å². The molecule has 0 spiro atoms. The van der Waals surface area contributed by atoms with Gasteiger partial charge in [-0.05, 0) is 12.8 Å². The van der Waals surface area contributed by atoms with Crippen molar-refractivity contribution in [3.8, 4) is 0 Å². The van der Waals surface area contributed by atoms with Crippen molar-refractivity contribution in [3.05, 3.63) is 12.2 Å². The Bertz CT molecular complexity index is 130. The highest BCUT2D eigenvalue weighted by Crippen LogP contribution is 1.97. The first-order valence-electron chi connectivity index (χ1n) is 4.20.